The minimum Gasteiger partial charge on any atom is -0.486 e. The number of ether oxygens (including phenoxy) is 3. The molecule has 1 aliphatic heterocycles. The van der Waals surface area contributed by atoms with Crippen LogP contribution in [0.15, 0.2) is 72.8 Å². The molecule has 0 radical (unpaired) electrons. The Bertz CT molecular complexity index is 1120. The van der Waals surface area contributed by atoms with Crippen LogP contribution in [0.4, 0.5) is 0 Å². The summed E-state index contributed by atoms with van der Waals surface area (Å²) in [5.41, 5.74) is 2.39. The van der Waals surface area contributed by atoms with Crippen LogP contribution in [0.25, 0.3) is 0 Å². The molecule has 1 heterocycles. The Hall–Kier alpha value is -4.00. The zero-order valence-corrected chi connectivity index (χ0v) is 18.4. The molecule has 33 heavy (non-hydrogen) atoms. The fraction of sp³-hybridized carbons (Fsp3) is 0.231. The van der Waals surface area contributed by atoms with Gasteiger partial charge in [0.25, 0.3) is 11.8 Å². The molecule has 3 aromatic carbocycles. The molecule has 1 aliphatic rings. The van der Waals surface area contributed by atoms with Gasteiger partial charge in [0.1, 0.15) is 19.0 Å². The third kappa shape index (κ3) is 6.04. The lowest BCUT2D eigenvalue weighted by atomic mass is 10.1. The first kappa shape index (κ1) is 22.2. The molecule has 2 N–H and O–H groups in total. The highest BCUT2D eigenvalue weighted by atomic mass is 16.6. The van der Waals surface area contributed by atoms with Crippen molar-refractivity contribution in [2.45, 2.75) is 19.5 Å². The quantitative estimate of drug-likeness (QED) is 0.552. The Morgan fingerprint density at radius 1 is 0.939 bits per heavy atom. The molecule has 0 fully saturated rings. The van der Waals surface area contributed by atoms with Crippen molar-refractivity contribution < 1.29 is 23.8 Å². The van der Waals surface area contributed by atoms with Gasteiger partial charge in [-0.15, -0.1) is 0 Å². The van der Waals surface area contributed by atoms with Crippen molar-refractivity contribution in [1.82, 2.24) is 10.6 Å². The number of carbonyl (C=O) groups is 2. The second-order valence-corrected chi connectivity index (χ2v) is 7.68. The van der Waals surface area contributed by atoms with Crippen LogP contribution in [0.5, 0.6) is 17.2 Å². The molecular weight excluding hydrogens is 420 g/mol. The number of hydrogen-bond acceptors (Lipinski definition) is 5. The van der Waals surface area contributed by atoms with Crippen LogP contribution in [0, 0.1) is 0 Å². The molecule has 3 aromatic rings. The van der Waals surface area contributed by atoms with Crippen molar-refractivity contribution in [3.63, 3.8) is 0 Å². The summed E-state index contributed by atoms with van der Waals surface area (Å²) in [4.78, 5) is 24.8. The maximum Gasteiger partial charge on any atom is 0.258 e. The first-order valence-corrected chi connectivity index (χ1v) is 10.8. The molecule has 0 aromatic heterocycles. The summed E-state index contributed by atoms with van der Waals surface area (Å²) in [5, 5.41) is 5.79. The van der Waals surface area contributed by atoms with Crippen LogP contribution in [0.1, 0.15) is 34.5 Å². The first-order valence-electron chi connectivity index (χ1n) is 10.8. The van der Waals surface area contributed by atoms with Crippen LogP contribution >= 0.6 is 0 Å². The summed E-state index contributed by atoms with van der Waals surface area (Å²) in [6.45, 7) is 3.20. The summed E-state index contributed by atoms with van der Waals surface area (Å²) in [7, 11) is 0. The van der Waals surface area contributed by atoms with E-state index in [2.05, 4.69) is 10.6 Å². The molecule has 1 atom stereocenters. The highest BCUT2D eigenvalue weighted by molar-refractivity contribution is 5.94. The fourth-order valence-electron chi connectivity index (χ4n) is 3.45. The first-order chi connectivity index (χ1) is 16.1. The van der Waals surface area contributed by atoms with Crippen molar-refractivity contribution >= 4 is 11.8 Å². The molecule has 0 bridgehead atoms. The summed E-state index contributed by atoms with van der Waals surface area (Å²) in [5.74, 6) is 1.36. The van der Waals surface area contributed by atoms with E-state index in [9.17, 15) is 9.59 Å². The molecule has 170 valence electrons. The second kappa shape index (κ2) is 10.5. The third-order valence-corrected chi connectivity index (χ3v) is 5.21. The Morgan fingerprint density at radius 3 is 2.55 bits per heavy atom. The average Bonchev–Trinajstić information content (AvgIpc) is 2.86. The van der Waals surface area contributed by atoms with Crippen molar-refractivity contribution in [3.8, 4) is 17.2 Å². The smallest absolute Gasteiger partial charge is 0.258 e. The van der Waals surface area contributed by atoms with Gasteiger partial charge in [-0.25, -0.2) is 0 Å². The molecule has 0 spiro atoms. The topological polar surface area (TPSA) is 85.9 Å². The Balaban J connectivity index is 1.28. The molecule has 0 aliphatic carbocycles. The van der Waals surface area contributed by atoms with Crippen LogP contribution in [-0.4, -0.2) is 31.6 Å². The van der Waals surface area contributed by atoms with E-state index in [1.54, 1.807) is 24.3 Å². The lowest BCUT2D eigenvalue weighted by molar-refractivity contribution is -0.123. The molecule has 2 amide bonds. The number of benzene rings is 3. The molecule has 0 saturated carbocycles. The van der Waals surface area contributed by atoms with E-state index in [4.69, 9.17) is 14.2 Å². The zero-order chi connectivity index (χ0) is 23.0. The Morgan fingerprint density at radius 2 is 1.73 bits per heavy atom. The van der Waals surface area contributed by atoms with Crippen molar-refractivity contribution in [2.24, 2.45) is 0 Å². The van der Waals surface area contributed by atoms with E-state index in [1.165, 1.54) is 0 Å². The summed E-state index contributed by atoms with van der Waals surface area (Å²) < 4.78 is 16.7. The lowest BCUT2D eigenvalue weighted by Gasteiger charge is -2.21. The van der Waals surface area contributed by atoms with Crippen molar-refractivity contribution in [3.05, 3.63) is 89.5 Å². The summed E-state index contributed by atoms with van der Waals surface area (Å²) >= 11 is 0. The molecule has 7 nitrogen and oxygen atoms in total. The summed E-state index contributed by atoms with van der Waals surface area (Å²) in [6.07, 6.45) is 0. The van der Waals surface area contributed by atoms with Gasteiger partial charge in [0.2, 0.25) is 0 Å². The average molecular weight is 447 g/mol. The predicted octanol–water partition coefficient (Wildman–Crippen LogP) is 3.64. The number of carbonyl (C=O) groups excluding carboxylic acids is 2. The van der Waals surface area contributed by atoms with E-state index in [0.29, 0.717) is 42.6 Å². The molecule has 1 unspecified atom stereocenters. The van der Waals surface area contributed by atoms with Crippen LogP contribution in [-0.2, 0) is 11.3 Å². The van der Waals surface area contributed by atoms with Crippen LogP contribution < -0.4 is 24.8 Å². The van der Waals surface area contributed by atoms with E-state index in [1.807, 2.05) is 55.5 Å². The van der Waals surface area contributed by atoms with E-state index in [-0.39, 0.29) is 24.5 Å². The van der Waals surface area contributed by atoms with Gasteiger partial charge in [0, 0.05) is 12.1 Å². The van der Waals surface area contributed by atoms with Crippen LogP contribution in [0.3, 0.4) is 0 Å². The fourth-order valence-corrected chi connectivity index (χ4v) is 3.45. The second-order valence-electron chi connectivity index (χ2n) is 7.68. The van der Waals surface area contributed by atoms with Gasteiger partial charge >= 0.3 is 0 Å². The normalized spacial score (nSPS) is 13.0. The minimum absolute atomic E-state index is 0.163. The monoisotopic (exact) mass is 446 g/mol. The van der Waals surface area contributed by atoms with Crippen LogP contribution in [0.2, 0.25) is 0 Å². The van der Waals surface area contributed by atoms with Gasteiger partial charge in [-0.2, -0.15) is 0 Å². The molecular formula is C26H26N2O5. The van der Waals surface area contributed by atoms with Gasteiger partial charge in [-0.05, 0) is 48.4 Å². The Kier molecular flexibility index (Phi) is 7.09. The third-order valence-electron chi connectivity index (χ3n) is 5.21. The van der Waals surface area contributed by atoms with E-state index < -0.39 is 0 Å². The summed E-state index contributed by atoms with van der Waals surface area (Å²) in [6, 6.07) is 21.8. The van der Waals surface area contributed by atoms with Crippen molar-refractivity contribution in [2.75, 3.05) is 19.8 Å². The maximum absolute atomic E-state index is 12.4. The zero-order valence-electron chi connectivity index (χ0n) is 18.4. The van der Waals surface area contributed by atoms with Gasteiger partial charge < -0.3 is 24.8 Å². The number of rotatable bonds is 8. The van der Waals surface area contributed by atoms with Crippen molar-refractivity contribution in [1.29, 1.82) is 0 Å². The largest absolute Gasteiger partial charge is 0.486 e. The minimum atomic E-state index is -0.267. The number of nitrogens with one attached hydrogen (secondary N) is 2. The van der Waals surface area contributed by atoms with E-state index >= 15 is 0 Å². The standard InChI is InChI=1S/C26H26N2O5/c1-18(20-10-11-23-24(15-20)32-13-12-31-23)28-25(29)17-33-22-9-5-8-21(14-22)26(30)27-16-19-6-3-2-4-7-19/h2-11,14-15,18H,12-13,16-17H2,1H3,(H,27,30)(H,28,29). The Labute approximate surface area is 192 Å². The molecule has 0 saturated heterocycles. The lowest BCUT2D eigenvalue weighted by Crippen LogP contribution is -2.31. The molecule has 4 rings (SSSR count). The van der Waals surface area contributed by atoms with Gasteiger partial charge in [-0.3, -0.25) is 9.59 Å². The van der Waals surface area contributed by atoms with Gasteiger partial charge in [0.15, 0.2) is 18.1 Å². The highest BCUT2D eigenvalue weighted by Crippen LogP contribution is 2.32. The van der Waals surface area contributed by atoms with E-state index in [0.717, 1.165) is 11.1 Å². The predicted molar refractivity (Wildman–Crippen MR) is 124 cm³/mol. The number of hydrogen-bond donors (Lipinski definition) is 2. The maximum atomic E-state index is 12.4. The molecule has 7 heteroatoms. The SMILES string of the molecule is CC(NC(=O)COc1cccc(C(=O)NCc2ccccc2)c1)c1ccc2c(c1)OCCO2. The number of amides is 2. The highest BCUT2D eigenvalue weighted by Gasteiger charge is 2.16. The van der Waals surface area contributed by atoms with Gasteiger partial charge in [0.05, 0.1) is 6.04 Å². The number of fused-ring (bicyclic) bond motifs is 1. The van der Waals surface area contributed by atoms with Gasteiger partial charge in [-0.1, -0.05) is 42.5 Å².